The Bertz CT molecular complexity index is 377. The first-order valence-corrected chi connectivity index (χ1v) is 8.46. The maximum atomic E-state index is 11.7. The number of nitrogens with one attached hydrogen (secondary N) is 1. The Balaban J connectivity index is 0.000000289. The van der Waals surface area contributed by atoms with Gasteiger partial charge >= 0.3 is 0 Å². The molecule has 4 heteroatoms. The lowest BCUT2D eigenvalue weighted by molar-refractivity contribution is -0.130. The highest BCUT2D eigenvalue weighted by molar-refractivity contribution is 5.76. The first kappa shape index (κ1) is 18.7. The highest BCUT2D eigenvalue weighted by Gasteiger charge is 2.16. The standard InChI is InChI=1S/C13H17NO.C4H9N.CH5N/c15-13(14-10-4-5-11-14)9-8-12-6-2-1-3-7-12;1-2-4-5-3-1;1-2/h1-3,6-7H,4-5,8-11H2;5H,1-4H2;2H2,1H3. The second-order valence-corrected chi connectivity index (χ2v) is 5.53. The zero-order valence-corrected chi connectivity index (χ0v) is 13.9. The third kappa shape index (κ3) is 7.57. The Morgan fingerprint density at radius 3 is 2.14 bits per heavy atom. The van der Waals surface area contributed by atoms with E-state index in [1.54, 1.807) is 0 Å². The van der Waals surface area contributed by atoms with E-state index in [9.17, 15) is 4.79 Å². The third-order valence-electron chi connectivity index (χ3n) is 3.89. The van der Waals surface area contributed by atoms with E-state index in [1.807, 2.05) is 23.1 Å². The van der Waals surface area contributed by atoms with Crippen molar-refractivity contribution >= 4 is 5.91 Å². The lowest BCUT2D eigenvalue weighted by Gasteiger charge is -2.14. The first-order chi connectivity index (χ1) is 10.9. The van der Waals surface area contributed by atoms with Gasteiger partial charge in [0.25, 0.3) is 0 Å². The van der Waals surface area contributed by atoms with Gasteiger partial charge in [-0.3, -0.25) is 4.79 Å². The average Bonchev–Trinajstić information content (AvgIpc) is 3.31. The van der Waals surface area contributed by atoms with E-state index in [4.69, 9.17) is 0 Å². The number of likely N-dealkylation sites (tertiary alicyclic amines) is 1. The van der Waals surface area contributed by atoms with Crippen LogP contribution in [-0.4, -0.2) is 44.0 Å². The molecule has 3 rings (SSSR count). The van der Waals surface area contributed by atoms with Crippen LogP contribution in [-0.2, 0) is 11.2 Å². The fourth-order valence-corrected chi connectivity index (χ4v) is 2.65. The fourth-order valence-electron chi connectivity index (χ4n) is 2.65. The highest BCUT2D eigenvalue weighted by atomic mass is 16.2. The molecule has 22 heavy (non-hydrogen) atoms. The van der Waals surface area contributed by atoms with Crippen molar-refractivity contribution in [3.63, 3.8) is 0 Å². The van der Waals surface area contributed by atoms with Crippen LogP contribution in [0.3, 0.4) is 0 Å². The minimum atomic E-state index is 0.316. The van der Waals surface area contributed by atoms with E-state index in [0.717, 1.165) is 19.5 Å². The zero-order chi connectivity index (χ0) is 16.0. The van der Waals surface area contributed by atoms with Crippen LogP contribution in [0.4, 0.5) is 0 Å². The summed E-state index contributed by atoms with van der Waals surface area (Å²) >= 11 is 0. The smallest absolute Gasteiger partial charge is 0.222 e. The van der Waals surface area contributed by atoms with Crippen molar-refractivity contribution in [2.45, 2.75) is 38.5 Å². The highest BCUT2D eigenvalue weighted by Crippen LogP contribution is 2.11. The summed E-state index contributed by atoms with van der Waals surface area (Å²) in [5.41, 5.74) is 5.75. The molecular formula is C18H31N3O. The quantitative estimate of drug-likeness (QED) is 0.900. The Labute approximate surface area is 135 Å². The van der Waals surface area contributed by atoms with Crippen LogP contribution >= 0.6 is 0 Å². The largest absolute Gasteiger partial charge is 0.343 e. The molecular weight excluding hydrogens is 274 g/mol. The molecule has 0 radical (unpaired) electrons. The molecule has 4 nitrogen and oxygen atoms in total. The number of nitrogens with two attached hydrogens (primary N) is 1. The van der Waals surface area contributed by atoms with Crippen molar-refractivity contribution in [3.8, 4) is 0 Å². The molecule has 1 aromatic rings. The SMILES string of the molecule is C1CCNC1.CN.O=C(CCc1ccccc1)N1CCCC1. The van der Waals surface area contributed by atoms with Gasteiger partial charge in [0.05, 0.1) is 0 Å². The summed E-state index contributed by atoms with van der Waals surface area (Å²) < 4.78 is 0. The number of carbonyl (C=O) groups is 1. The molecule has 2 fully saturated rings. The summed E-state index contributed by atoms with van der Waals surface area (Å²) in [7, 11) is 1.50. The first-order valence-electron chi connectivity index (χ1n) is 8.46. The molecule has 0 bridgehead atoms. The molecule has 2 saturated heterocycles. The molecule has 2 aliphatic heterocycles. The van der Waals surface area contributed by atoms with Crippen molar-refractivity contribution in [2.75, 3.05) is 33.2 Å². The summed E-state index contributed by atoms with van der Waals surface area (Å²) in [5, 5.41) is 3.22. The van der Waals surface area contributed by atoms with Crippen LogP contribution in [0.15, 0.2) is 30.3 Å². The maximum absolute atomic E-state index is 11.7. The summed E-state index contributed by atoms with van der Waals surface area (Å²) in [6.45, 7) is 4.43. The Hall–Kier alpha value is -1.39. The van der Waals surface area contributed by atoms with Crippen molar-refractivity contribution in [1.82, 2.24) is 10.2 Å². The van der Waals surface area contributed by atoms with Gasteiger partial charge in [0.1, 0.15) is 0 Å². The van der Waals surface area contributed by atoms with Gasteiger partial charge in [-0.1, -0.05) is 30.3 Å². The molecule has 1 amide bonds. The number of rotatable bonds is 3. The normalized spacial score (nSPS) is 16.4. The van der Waals surface area contributed by atoms with Gasteiger partial charge in [-0.2, -0.15) is 0 Å². The van der Waals surface area contributed by atoms with E-state index >= 15 is 0 Å². The second-order valence-electron chi connectivity index (χ2n) is 5.53. The van der Waals surface area contributed by atoms with Gasteiger partial charge in [-0.05, 0) is 57.8 Å². The number of hydrogen-bond acceptors (Lipinski definition) is 3. The van der Waals surface area contributed by atoms with Crippen molar-refractivity contribution < 1.29 is 4.79 Å². The van der Waals surface area contributed by atoms with Crippen molar-refractivity contribution in [1.29, 1.82) is 0 Å². The van der Waals surface area contributed by atoms with E-state index < -0.39 is 0 Å². The van der Waals surface area contributed by atoms with Gasteiger partial charge in [0.2, 0.25) is 5.91 Å². The molecule has 3 N–H and O–H groups in total. The van der Waals surface area contributed by atoms with E-state index in [-0.39, 0.29) is 0 Å². The summed E-state index contributed by atoms with van der Waals surface area (Å²) in [4.78, 5) is 13.7. The molecule has 1 aromatic carbocycles. The van der Waals surface area contributed by atoms with Gasteiger partial charge < -0.3 is 16.0 Å². The minimum absolute atomic E-state index is 0.316. The average molecular weight is 305 g/mol. The van der Waals surface area contributed by atoms with E-state index in [0.29, 0.717) is 12.3 Å². The van der Waals surface area contributed by atoms with Crippen LogP contribution in [0.5, 0.6) is 0 Å². The zero-order valence-electron chi connectivity index (χ0n) is 13.9. The van der Waals surface area contributed by atoms with Gasteiger partial charge in [0, 0.05) is 19.5 Å². The van der Waals surface area contributed by atoms with Crippen LogP contribution in [0, 0.1) is 0 Å². The van der Waals surface area contributed by atoms with Crippen LogP contribution < -0.4 is 11.1 Å². The maximum Gasteiger partial charge on any atom is 0.222 e. The number of nitrogens with zero attached hydrogens (tertiary/aromatic N) is 1. The van der Waals surface area contributed by atoms with Crippen molar-refractivity contribution in [3.05, 3.63) is 35.9 Å². The summed E-state index contributed by atoms with van der Waals surface area (Å²) in [6, 6.07) is 10.2. The number of carbonyl (C=O) groups excluding carboxylic acids is 1. The lowest BCUT2D eigenvalue weighted by Crippen LogP contribution is -2.27. The Morgan fingerprint density at radius 1 is 1.05 bits per heavy atom. The van der Waals surface area contributed by atoms with Gasteiger partial charge in [0.15, 0.2) is 0 Å². The molecule has 0 aliphatic carbocycles. The van der Waals surface area contributed by atoms with Crippen LogP contribution in [0.2, 0.25) is 0 Å². The minimum Gasteiger partial charge on any atom is -0.343 e. The number of aryl methyl sites for hydroxylation is 1. The molecule has 0 saturated carbocycles. The van der Waals surface area contributed by atoms with Gasteiger partial charge in [-0.25, -0.2) is 0 Å². The molecule has 2 heterocycles. The van der Waals surface area contributed by atoms with Gasteiger partial charge in [-0.15, -0.1) is 0 Å². The molecule has 0 atom stereocenters. The fraction of sp³-hybridized carbons (Fsp3) is 0.611. The van der Waals surface area contributed by atoms with E-state index in [2.05, 4.69) is 23.2 Å². The molecule has 2 aliphatic rings. The van der Waals surface area contributed by atoms with Crippen LogP contribution in [0.25, 0.3) is 0 Å². The van der Waals surface area contributed by atoms with Crippen LogP contribution in [0.1, 0.15) is 37.7 Å². The molecule has 0 unspecified atom stereocenters. The predicted octanol–water partition coefficient (Wildman–Crippen LogP) is 2.19. The lowest BCUT2D eigenvalue weighted by atomic mass is 10.1. The number of benzene rings is 1. The Morgan fingerprint density at radius 2 is 1.64 bits per heavy atom. The third-order valence-corrected chi connectivity index (χ3v) is 3.89. The number of hydrogen-bond donors (Lipinski definition) is 2. The number of amides is 1. The topological polar surface area (TPSA) is 58.4 Å². The molecule has 0 spiro atoms. The summed E-state index contributed by atoms with van der Waals surface area (Å²) in [5.74, 6) is 0.316. The second kappa shape index (κ2) is 12.2. The molecule has 124 valence electrons. The Kier molecular flexibility index (Phi) is 10.3. The van der Waals surface area contributed by atoms with E-state index in [1.165, 1.54) is 51.4 Å². The predicted molar refractivity (Wildman–Crippen MR) is 92.8 cm³/mol. The summed E-state index contributed by atoms with van der Waals surface area (Å²) in [6.07, 6.45) is 6.66. The monoisotopic (exact) mass is 305 g/mol. The molecule has 0 aromatic heterocycles. The van der Waals surface area contributed by atoms with Crippen molar-refractivity contribution in [2.24, 2.45) is 5.73 Å².